The number of benzene rings is 1. The third kappa shape index (κ3) is 2.72. The van der Waals surface area contributed by atoms with E-state index in [4.69, 9.17) is 10.4 Å². The Kier molecular flexibility index (Phi) is 3.48. The molecule has 2 rings (SSSR count). The van der Waals surface area contributed by atoms with E-state index in [-0.39, 0.29) is 0 Å². The van der Waals surface area contributed by atoms with Crippen LogP contribution in [0.2, 0.25) is 0 Å². The lowest BCUT2D eigenvalue weighted by atomic mass is 10.2. The Morgan fingerprint density at radius 1 is 1.47 bits per heavy atom. The molecule has 0 saturated heterocycles. The molecular formula is C13H12N4O2. The van der Waals surface area contributed by atoms with Crippen molar-refractivity contribution in [2.45, 2.75) is 13.5 Å². The Labute approximate surface area is 109 Å². The van der Waals surface area contributed by atoms with Crippen LogP contribution in [-0.2, 0) is 6.54 Å². The Morgan fingerprint density at radius 2 is 2.16 bits per heavy atom. The van der Waals surface area contributed by atoms with Crippen LogP contribution in [0.5, 0.6) is 0 Å². The minimum absolute atomic E-state index is 0.365. The van der Waals surface area contributed by atoms with Crippen LogP contribution in [0.1, 0.15) is 12.6 Å². The Morgan fingerprint density at radius 3 is 2.68 bits per heavy atom. The summed E-state index contributed by atoms with van der Waals surface area (Å²) in [6.45, 7) is 2.67. The van der Waals surface area contributed by atoms with E-state index < -0.39 is 6.09 Å². The van der Waals surface area contributed by atoms with Crippen LogP contribution in [0.25, 0.3) is 11.4 Å². The molecule has 0 bridgehead atoms. The number of imidazole rings is 1. The van der Waals surface area contributed by atoms with Crippen molar-refractivity contribution in [2.24, 2.45) is 0 Å². The maximum absolute atomic E-state index is 10.5. The first-order valence-electron chi connectivity index (χ1n) is 5.71. The normalized spacial score (nSPS) is 9.89. The fourth-order valence-electron chi connectivity index (χ4n) is 1.77. The van der Waals surface area contributed by atoms with Gasteiger partial charge in [0.2, 0.25) is 0 Å². The predicted molar refractivity (Wildman–Crippen MR) is 69.7 cm³/mol. The van der Waals surface area contributed by atoms with E-state index in [1.807, 2.05) is 17.6 Å². The third-order valence-corrected chi connectivity index (χ3v) is 2.63. The second-order valence-corrected chi connectivity index (χ2v) is 3.86. The lowest BCUT2D eigenvalue weighted by Crippen LogP contribution is -2.06. The molecule has 0 spiro atoms. The average molecular weight is 256 g/mol. The van der Waals surface area contributed by atoms with Gasteiger partial charge in [-0.05, 0) is 31.2 Å². The highest BCUT2D eigenvalue weighted by Gasteiger charge is 2.09. The highest BCUT2D eigenvalue weighted by atomic mass is 16.4. The first-order valence-corrected chi connectivity index (χ1v) is 5.71. The van der Waals surface area contributed by atoms with Crippen LogP contribution in [0.3, 0.4) is 0 Å². The number of aromatic nitrogens is 2. The van der Waals surface area contributed by atoms with Crippen LogP contribution < -0.4 is 5.32 Å². The van der Waals surface area contributed by atoms with Crippen LogP contribution in [0.4, 0.5) is 10.5 Å². The predicted octanol–water partition coefficient (Wildman–Crippen LogP) is 2.53. The van der Waals surface area contributed by atoms with Gasteiger partial charge >= 0.3 is 6.09 Å². The molecule has 1 amide bonds. The molecule has 96 valence electrons. The van der Waals surface area contributed by atoms with Gasteiger partial charge in [-0.15, -0.1) is 0 Å². The monoisotopic (exact) mass is 256 g/mol. The molecule has 0 aliphatic carbocycles. The van der Waals surface area contributed by atoms with Crippen LogP contribution >= 0.6 is 0 Å². The Bertz CT molecular complexity index is 638. The molecular weight excluding hydrogens is 244 g/mol. The van der Waals surface area contributed by atoms with Crippen molar-refractivity contribution >= 4 is 11.8 Å². The fourth-order valence-corrected chi connectivity index (χ4v) is 1.77. The summed E-state index contributed by atoms with van der Waals surface area (Å²) >= 11 is 0. The molecule has 0 aliphatic rings. The number of aryl methyl sites for hydroxylation is 1. The van der Waals surface area contributed by atoms with Gasteiger partial charge in [0.25, 0.3) is 0 Å². The SMILES string of the molecule is CCn1cc(C#N)nc1-c1ccc(NC(=O)O)cc1. The van der Waals surface area contributed by atoms with Gasteiger partial charge in [0.15, 0.2) is 5.69 Å². The van der Waals surface area contributed by atoms with Gasteiger partial charge in [0.1, 0.15) is 11.9 Å². The second kappa shape index (κ2) is 5.23. The van der Waals surface area contributed by atoms with Crippen molar-refractivity contribution in [3.63, 3.8) is 0 Å². The van der Waals surface area contributed by atoms with Crippen molar-refractivity contribution in [1.82, 2.24) is 9.55 Å². The summed E-state index contributed by atoms with van der Waals surface area (Å²) < 4.78 is 1.87. The van der Waals surface area contributed by atoms with Crippen molar-refractivity contribution in [3.8, 4) is 17.5 Å². The molecule has 2 N–H and O–H groups in total. The van der Waals surface area contributed by atoms with Gasteiger partial charge in [-0.2, -0.15) is 5.26 Å². The summed E-state index contributed by atoms with van der Waals surface area (Å²) in [5.41, 5.74) is 1.69. The summed E-state index contributed by atoms with van der Waals surface area (Å²) in [5.74, 6) is 0.695. The molecule has 1 heterocycles. The van der Waals surface area contributed by atoms with Crippen molar-refractivity contribution in [1.29, 1.82) is 5.26 Å². The molecule has 2 aromatic rings. The summed E-state index contributed by atoms with van der Waals surface area (Å²) in [5, 5.41) is 19.7. The molecule has 6 nitrogen and oxygen atoms in total. The van der Waals surface area contributed by atoms with Crippen LogP contribution in [0.15, 0.2) is 30.5 Å². The second-order valence-electron chi connectivity index (χ2n) is 3.86. The maximum Gasteiger partial charge on any atom is 0.409 e. The molecule has 0 unspecified atom stereocenters. The summed E-state index contributed by atoms with van der Waals surface area (Å²) in [4.78, 5) is 14.7. The number of carbonyl (C=O) groups is 1. The van der Waals surface area contributed by atoms with E-state index in [2.05, 4.69) is 10.3 Å². The average Bonchev–Trinajstić information content (AvgIpc) is 2.82. The highest BCUT2D eigenvalue weighted by molar-refractivity contribution is 5.83. The minimum atomic E-state index is -1.10. The summed E-state index contributed by atoms with van der Waals surface area (Å²) in [6, 6.07) is 8.85. The number of carboxylic acid groups (broad SMARTS) is 1. The quantitative estimate of drug-likeness (QED) is 0.882. The Balaban J connectivity index is 2.34. The van der Waals surface area contributed by atoms with Gasteiger partial charge in [0.05, 0.1) is 0 Å². The topological polar surface area (TPSA) is 90.9 Å². The van der Waals surface area contributed by atoms with E-state index in [9.17, 15) is 4.79 Å². The zero-order valence-electron chi connectivity index (χ0n) is 10.3. The standard InChI is InChI=1S/C13H12N4O2/c1-2-17-8-11(7-14)15-12(17)9-3-5-10(6-4-9)16-13(18)19/h3-6,8,16H,2H2,1H3,(H,18,19). The maximum atomic E-state index is 10.5. The molecule has 0 fully saturated rings. The van der Waals surface area contributed by atoms with Crippen molar-refractivity contribution in [2.75, 3.05) is 5.32 Å². The zero-order valence-corrected chi connectivity index (χ0v) is 10.3. The smallest absolute Gasteiger partial charge is 0.409 e. The summed E-state index contributed by atoms with van der Waals surface area (Å²) in [6.07, 6.45) is 0.591. The molecule has 0 aliphatic heterocycles. The van der Waals surface area contributed by atoms with Crippen LogP contribution in [-0.4, -0.2) is 20.8 Å². The first-order chi connectivity index (χ1) is 9.13. The molecule has 1 aromatic carbocycles. The zero-order chi connectivity index (χ0) is 13.8. The molecule has 1 aromatic heterocycles. The lowest BCUT2D eigenvalue weighted by molar-refractivity contribution is 0.210. The number of amides is 1. The lowest BCUT2D eigenvalue weighted by Gasteiger charge is -2.05. The number of anilines is 1. The number of rotatable bonds is 3. The van der Waals surface area contributed by atoms with E-state index in [1.54, 1.807) is 30.5 Å². The van der Waals surface area contributed by atoms with Gasteiger partial charge in [0, 0.05) is 24.0 Å². The number of hydrogen-bond acceptors (Lipinski definition) is 3. The summed E-state index contributed by atoms with van der Waals surface area (Å²) in [7, 11) is 0. The number of nitrogens with zero attached hydrogens (tertiary/aromatic N) is 3. The molecule has 19 heavy (non-hydrogen) atoms. The molecule has 6 heteroatoms. The number of nitriles is 1. The number of hydrogen-bond donors (Lipinski definition) is 2. The van der Waals surface area contributed by atoms with Crippen molar-refractivity contribution < 1.29 is 9.90 Å². The largest absolute Gasteiger partial charge is 0.465 e. The van der Waals surface area contributed by atoms with Crippen molar-refractivity contribution in [3.05, 3.63) is 36.2 Å². The van der Waals surface area contributed by atoms with E-state index in [0.29, 0.717) is 23.8 Å². The molecule has 0 saturated carbocycles. The van der Waals surface area contributed by atoms with E-state index in [0.717, 1.165) is 5.56 Å². The van der Waals surface area contributed by atoms with E-state index in [1.165, 1.54) is 0 Å². The highest BCUT2D eigenvalue weighted by Crippen LogP contribution is 2.21. The Hall–Kier alpha value is -2.81. The molecule has 0 atom stereocenters. The minimum Gasteiger partial charge on any atom is -0.465 e. The third-order valence-electron chi connectivity index (χ3n) is 2.63. The van der Waals surface area contributed by atoms with Gasteiger partial charge < -0.3 is 9.67 Å². The molecule has 0 radical (unpaired) electrons. The van der Waals surface area contributed by atoms with Gasteiger partial charge in [-0.3, -0.25) is 5.32 Å². The first kappa shape index (κ1) is 12.6. The van der Waals surface area contributed by atoms with Gasteiger partial charge in [-0.25, -0.2) is 9.78 Å². The van der Waals surface area contributed by atoms with Crippen LogP contribution in [0, 0.1) is 11.3 Å². The van der Waals surface area contributed by atoms with E-state index >= 15 is 0 Å². The fraction of sp³-hybridized carbons (Fsp3) is 0.154. The number of nitrogens with one attached hydrogen (secondary N) is 1. The van der Waals surface area contributed by atoms with Gasteiger partial charge in [-0.1, -0.05) is 0 Å².